The molecule has 3 aliphatic rings. The second-order valence-corrected chi connectivity index (χ2v) is 8.76. The van der Waals surface area contributed by atoms with Gasteiger partial charge in [0.25, 0.3) is 0 Å². The molecule has 1 fully saturated rings. The van der Waals surface area contributed by atoms with Crippen molar-refractivity contribution in [3.05, 3.63) is 59.2 Å². The van der Waals surface area contributed by atoms with Crippen molar-refractivity contribution < 1.29 is 14.3 Å². The molecule has 7 heteroatoms. The number of ether oxygens (including phenoxy) is 2. The van der Waals surface area contributed by atoms with E-state index in [1.807, 2.05) is 18.2 Å². The highest BCUT2D eigenvalue weighted by Crippen LogP contribution is 2.63. The van der Waals surface area contributed by atoms with Crippen molar-refractivity contribution in [2.45, 2.75) is 37.2 Å². The molecule has 7 nitrogen and oxygen atoms in total. The predicted molar refractivity (Wildman–Crippen MR) is 119 cm³/mol. The first-order valence-electron chi connectivity index (χ1n) is 10.5. The van der Waals surface area contributed by atoms with Crippen LogP contribution in [-0.2, 0) is 26.5 Å². The summed E-state index contributed by atoms with van der Waals surface area (Å²) in [4.78, 5) is 11.4. The molecule has 0 amide bonds. The van der Waals surface area contributed by atoms with E-state index in [0.29, 0.717) is 5.96 Å². The minimum atomic E-state index is -0.902. The molecule has 3 atom stereocenters. The minimum Gasteiger partial charge on any atom is -0.379 e. The van der Waals surface area contributed by atoms with E-state index in [4.69, 9.17) is 30.4 Å². The molecule has 2 aliphatic carbocycles. The van der Waals surface area contributed by atoms with Crippen LogP contribution in [0.4, 0.5) is 0 Å². The third-order valence-corrected chi connectivity index (χ3v) is 7.18. The fourth-order valence-corrected chi connectivity index (χ4v) is 5.63. The first-order chi connectivity index (χ1) is 14.9. The Labute approximate surface area is 182 Å². The third kappa shape index (κ3) is 2.84. The van der Waals surface area contributed by atoms with E-state index in [9.17, 15) is 0 Å². The van der Waals surface area contributed by atoms with Gasteiger partial charge in [-0.3, -0.25) is 0 Å². The number of hydrogen-bond donors (Lipinski definition) is 2. The first kappa shape index (κ1) is 20.2. The number of nitrogens with one attached hydrogen (secondary N) is 1. The van der Waals surface area contributed by atoms with E-state index < -0.39 is 5.72 Å². The summed E-state index contributed by atoms with van der Waals surface area (Å²) in [5.74, 6) is 0.373. The summed E-state index contributed by atoms with van der Waals surface area (Å²) in [6, 6.07) is 14.5. The summed E-state index contributed by atoms with van der Waals surface area (Å²) in [5.41, 5.74) is 10.3. The molecule has 1 aliphatic heterocycles. The summed E-state index contributed by atoms with van der Waals surface area (Å²) in [7, 11) is 5.27. The van der Waals surface area contributed by atoms with E-state index in [1.165, 1.54) is 11.8 Å². The fraction of sp³-hybridized carbons (Fsp3) is 0.417. The molecule has 0 bridgehead atoms. The van der Waals surface area contributed by atoms with Crippen LogP contribution in [0.1, 0.15) is 29.5 Å². The van der Waals surface area contributed by atoms with Crippen molar-refractivity contribution in [2.24, 2.45) is 16.1 Å². The Bertz CT molecular complexity index is 1060. The van der Waals surface area contributed by atoms with Gasteiger partial charge in [0, 0.05) is 38.5 Å². The first-order valence-corrected chi connectivity index (χ1v) is 10.5. The number of methoxy groups -OCH3 is 2. The minimum absolute atomic E-state index is 0.0224. The maximum absolute atomic E-state index is 7.58. The van der Waals surface area contributed by atoms with Crippen LogP contribution in [0.25, 0.3) is 11.1 Å². The van der Waals surface area contributed by atoms with Crippen molar-refractivity contribution in [1.82, 2.24) is 5.06 Å². The average Bonchev–Trinajstić information content (AvgIpc) is 3.40. The van der Waals surface area contributed by atoms with Gasteiger partial charge in [-0.2, -0.15) is 0 Å². The van der Waals surface area contributed by atoms with Gasteiger partial charge >= 0.3 is 0 Å². The van der Waals surface area contributed by atoms with Crippen LogP contribution in [0.5, 0.6) is 0 Å². The van der Waals surface area contributed by atoms with Crippen molar-refractivity contribution in [3.8, 4) is 11.1 Å². The van der Waals surface area contributed by atoms with Crippen LogP contribution in [0, 0.1) is 10.8 Å². The van der Waals surface area contributed by atoms with Crippen LogP contribution < -0.4 is 5.73 Å². The molecular formula is C24H28N4O3. The summed E-state index contributed by atoms with van der Waals surface area (Å²) >= 11 is 0. The van der Waals surface area contributed by atoms with Gasteiger partial charge in [0.1, 0.15) is 0 Å². The number of fused-ring (bicyclic) bond motifs is 3. The quantitative estimate of drug-likeness (QED) is 0.742. The smallest absolute Gasteiger partial charge is 0.220 e. The van der Waals surface area contributed by atoms with Crippen LogP contribution >= 0.6 is 0 Å². The average molecular weight is 421 g/mol. The third-order valence-electron chi connectivity index (χ3n) is 7.18. The standard InChI is InChI=1S/C24H28N4O3/c1-28-22(26)27-24(31-28)19-10-17(16-6-4-5-15(9-16)14-25)7-8-18(19)11-23(24)12-20(29-2)21(13-23)30-3/h4-10,14,20-21,25H,11-13H2,1-3H3,(H2,26,27). The number of rotatable bonds is 4. The number of nitrogens with two attached hydrogens (primary N) is 1. The largest absolute Gasteiger partial charge is 0.379 e. The Kier molecular flexibility index (Phi) is 4.66. The molecule has 31 heavy (non-hydrogen) atoms. The Hall–Kier alpha value is -2.74. The number of hydroxylamine groups is 2. The highest BCUT2D eigenvalue weighted by molar-refractivity contribution is 5.81. The zero-order valence-electron chi connectivity index (χ0n) is 18.1. The number of aliphatic imine (C=N–C) groups is 1. The van der Waals surface area contributed by atoms with Crippen LogP contribution in [0.15, 0.2) is 47.5 Å². The summed E-state index contributed by atoms with van der Waals surface area (Å²) in [6.45, 7) is 0. The lowest BCUT2D eigenvalue weighted by atomic mass is 9.76. The molecule has 0 saturated heterocycles. The second kappa shape index (κ2) is 7.15. The van der Waals surface area contributed by atoms with Gasteiger partial charge in [0.15, 0.2) is 0 Å². The maximum Gasteiger partial charge on any atom is 0.220 e. The Balaban J connectivity index is 1.65. The summed E-state index contributed by atoms with van der Waals surface area (Å²) in [6.07, 6.45) is 3.70. The topological polar surface area (TPSA) is 93.2 Å². The molecule has 3 N–H and O–H groups in total. The van der Waals surface area contributed by atoms with Crippen LogP contribution in [0.2, 0.25) is 0 Å². The summed E-state index contributed by atoms with van der Waals surface area (Å²) < 4.78 is 11.6. The molecule has 0 radical (unpaired) electrons. The van der Waals surface area contributed by atoms with Crippen LogP contribution in [-0.4, -0.2) is 50.7 Å². The zero-order chi connectivity index (χ0) is 21.8. The molecule has 2 spiro atoms. The maximum atomic E-state index is 7.58. The van der Waals surface area contributed by atoms with Crippen LogP contribution in [0.3, 0.4) is 0 Å². The lowest BCUT2D eigenvalue weighted by Gasteiger charge is -2.38. The van der Waals surface area contributed by atoms with Gasteiger partial charge in [-0.1, -0.05) is 30.3 Å². The molecule has 3 unspecified atom stereocenters. The highest BCUT2D eigenvalue weighted by Gasteiger charge is 2.67. The van der Waals surface area contributed by atoms with E-state index in [1.54, 1.807) is 26.3 Å². The monoisotopic (exact) mass is 420 g/mol. The number of nitrogens with zero attached hydrogens (tertiary/aromatic N) is 2. The van der Waals surface area contributed by atoms with Gasteiger partial charge in [-0.05, 0) is 53.6 Å². The molecule has 2 aromatic rings. The predicted octanol–water partition coefficient (Wildman–Crippen LogP) is 3.06. The normalized spacial score (nSPS) is 31.5. The highest BCUT2D eigenvalue weighted by atomic mass is 16.7. The van der Waals surface area contributed by atoms with Crippen molar-refractivity contribution >= 4 is 12.2 Å². The number of hydrogen-bond acceptors (Lipinski definition) is 7. The van der Waals surface area contributed by atoms with E-state index in [-0.39, 0.29) is 17.6 Å². The Morgan fingerprint density at radius 2 is 1.84 bits per heavy atom. The molecule has 1 saturated carbocycles. The van der Waals surface area contributed by atoms with Gasteiger partial charge in [-0.15, -0.1) is 0 Å². The molecule has 162 valence electrons. The van der Waals surface area contributed by atoms with E-state index in [0.717, 1.165) is 41.5 Å². The van der Waals surface area contributed by atoms with Crippen molar-refractivity contribution in [1.29, 1.82) is 5.41 Å². The molecule has 2 aromatic carbocycles. The second-order valence-electron chi connectivity index (χ2n) is 8.76. The molecular weight excluding hydrogens is 392 g/mol. The summed E-state index contributed by atoms with van der Waals surface area (Å²) in [5, 5.41) is 9.15. The Morgan fingerprint density at radius 3 is 2.45 bits per heavy atom. The van der Waals surface area contributed by atoms with Gasteiger partial charge in [-0.25, -0.2) is 14.9 Å². The lowest BCUT2D eigenvalue weighted by molar-refractivity contribution is -0.222. The van der Waals surface area contributed by atoms with Gasteiger partial charge in [0.2, 0.25) is 11.7 Å². The SMILES string of the molecule is COC1CC2(Cc3ccc(-c4cccc(C=N)c4)cc3C23N=C(N)N(C)O3)CC1OC. The van der Waals surface area contributed by atoms with Gasteiger partial charge in [0.05, 0.1) is 12.2 Å². The molecule has 5 rings (SSSR count). The van der Waals surface area contributed by atoms with E-state index >= 15 is 0 Å². The molecule has 1 heterocycles. The van der Waals surface area contributed by atoms with E-state index in [2.05, 4.69) is 24.3 Å². The molecule has 0 aromatic heterocycles. The zero-order valence-corrected chi connectivity index (χ0v) is 18.1. The fourth-order valence-electron chi connectivity index (χ4n) is 5.63. The van der Waals surface area contributed by atoms with Gasteiger partial charge < -0.3 is 20.6 Å². The number of benzene rings is 2. The Morgan fingerprint density at radius 1 is 1.13 bits per heavy atom. The number of guanidine groups is 1. The van der Waals surface area contributed by atoms with Crippen molar-refractivity contribution in [2.75, 3.05) is 21.3 Å². The van der Waals surface area contributed by atoms with Crippen molar-refractivity contribution in [3.63, 3.8) is 0 Å². The lowest BCUT2D eigenvalue weighted by Crippen LogP contribution is -2.42.